The quantitative estimate of drug-likeness (QED) is 0.621. The van der Waals surface area contributed by atoms with Crippen LogP contribution >= 0.6 is 0 Å². The number of aromatic nitrogens is 2. The molecule has 2 aromatic rings. The van der Waals surface area contributed by atoms with E-state index in [4.69, 9.17) is 15.3 Å². The second kappa shape index (κ2) is 6.83. The van der Waals surface area contributed by atoms with Crippen molar-refractivity contribution in [3.05, 3.63) is 41.7 Å². The van der Waals surface area contributed by atoms with Gasteiger partial charge in [-0.3, -0.25) is 0 Å². The number of hydrazine groups is 1. The molecule has 0 unspecified atom stereocenters. The van der Waals surface area contributed by atoms with Crippen LogP contribution in [0.15, 0.2) is 30.6 Å². The van der Waals surface area contributed by atoms with E-state index in [9.17, 15) is 0 Å². The lowest BCUT2D eigenvalue weighted by atomic mass is 10.2. The summed E-state index contributed by atoms with van der Waals surface area (Å²) in [6.07, 6.45) is 2.14. The Hall–Kier alpha value is -2.18. The molecule has 0 bridgehead atoms. The molecule has 0 aliphatic rings. The van der Waals surface area contributed by atoms with E-state index < -0.39 is 0 Å². The van der Waals surface area contributed by atoms with Crippen LogP contribution in [0, 0.1) is 0 Å². The molecule has 0 atom stereocenters. The zero-order chi connectivity index (χ0) is 14.4. The lowest BCUT2D eigenvalue weighted by Gasteiger charge is -2.12. The van der Waals surface area contributed by atoms with Gasteiger partial charge in [-0.25, -0.2) is 15.8 Å². The molecule has 0 saturated carbocycles. The molecular formula is C14H18N4O2. The van der Waals surface area contributed by atoms with Crippen molar-refractivity contribution in [2.45, 2.75) is 20.0 Å². The number of benzene rings is 1. The van der Waals surface area contributed by atoms with Crippen LogP contribution in [0.5, 0.6) is 11.6 Å². The molecule has 1 heterocycles. The van der Waals surface area contributed by atoms with Crippen molar-refractivity contribution in [3.8, 4) is 11.6 Å². The predicted octanol–water partition coefficient (Wildman–Crippen LogP) is 2.26. The minimum atomic E-state index is 0.505. The molecule has 0 aliphatic heterocycles. The summed E-state index contributed by atoms with van der Waals surface area (Å²) in [5.41, 5.74) is 4.43. The van der Waals surface area contributed by atoms with Crippen molar-refractivity contribution in [2.24, 2.45) is 5.84 Å². The summed E-state index contributed by atoms with van der Waals surface area (Å²) in [4.78, 5) is 8.24. The van der Waals surface area contributed by atoms with Crippen LogP contribution in [-0.2, 0) is 17.8 Å². The smallest absolute Gasteiger partial charge is 0.227 e. The van der Waals surface area contributed by atoms with E-state index in [2.05, 4.69) is 15.4 Å². The third-order valence-corrected chi connectivity index (χ3v) is 2.82. The topological polar surface area (TPSA) is 82.3 Å². The third kappa shape index (κ3) is 3.23. The van der Waals surface area contributed by atoms with Crippen molar-refractivity contribution in [3.63, 3.8) is 0 Å². The maximum absolute atomic E-state index is 5.83. The maximum Gasteiger partial charge on any atom is 0.227 e. The molecule has 1 aromatic heterocycles. The average molecular weight is 274 g/mol. The monoisotopic (exact) mass is 274 g/mol. The van der Waals surface area contributed by atoms with Gasteiger partial charge in [0.2, 0.25) is 5.88 Å². The molecule has 6 nitrogen and oxygen atoms in total. The lowest BCUT2D eigenvalue weighted by Crippen LogP contribution is -2.12. The lowest BCUT2D eigenvalue weighted by molar-refractivity contribution is 0.184. The summed E-state index contributed by atoms with van der Waals surface area (Å²) in [6.45, 7) is 2.53. The summed E-state index contributed by atoms with van der Waals surface area (Å²) in [5, 5.41) is 0. The summed E-state index contributed by atoms with van der Waals surface area (Å²) >= 11 is 0. The number of nitrogens with two attached hydrogens (primary N) is 1. The highest BCUT2D eigenvalue weighted by Crippen LogP contribution is 2.27. The molecule has 0 radical (unpaired) electrons. The van der Waals surface area contributed by atoms with Gasteiger partial charge in [-0.2, -0.15) is 0 Å². The Balaban J connectivity index is 2.27. The van der Waals surface area contributed by atoms with Gasteiger partial charge in [0, 0.05) is 7.11 Å². The Morgan fingerprint density at radius 1 is 1.30 bits per heavy atom. The average Bonchev–Trinajstić information content (AvgIpc) is 2.47. The van der Waals surface area contributed by atoms with Gasteiger partial charge >= 0.3 is 0 Å². The van der Waals surface area contributed by atoms with E-state index in [1.165, 1.54) is 6.33 Å². The largest absolute Gasteiger partial charge is 0.439 e. The van der Waals surface area contributed by atoms with Gasteiger partial charge in [0.15, 0.2) is 0 Å². The van der Waals surface area contributed by atoms with Crippen LogP contribution in [-0.4, -0.2) is 17.1 Å². The maximum atomic E-state index is 5.83. The van der Waals surface area contributed by atoms with Gasteiger partial charge in [0.1, 0.15) is 17.9 Å². The highest BCUT2D eigenvalue weighted by Gasteiger charge is 2.11. The standard InChI is InChI=1S/C14H18N4O2/c1-3-12-13(18-15)16-9-17-14(12)20-11-6-4-5-10(7-11)8-19-2/h4-7,9H,3,8,15H2,1-2H3,(H,16,17,18). The highest BCUT2D eigenvalue weighted by molar-refractivity contribution is 5.49. The van der Waals surface area contributed by atoms with Crippen LogP contribution in [0.2, 0.25) is 0 Å². The van der Waals surface area contributed by atoms with E-state index >= 15 is 0 Å². The first-order valence-electron chi connectivity index (χ1n) is 6.34. The van der Waals surface area contributed by atoms with Gasteiger partial charge in [0.25, 0.3) is 0 Å². The summed E-state index contributed by atoms with van der Waals surface area (Å²) in [5.74, 6) is 7.22. The van der Waals surface area contributed by atoms with Gasteiger partial charge in [0.05, 0.1) is 12.2 Å². The molecule has 0 aliphatic carbocycles. The Morgan fingerprint density at radius 2 is 2.15 bits per heavy atom. The van der Waals surface area contributed by atoms with Gasteiger partial charge in [-0.05, 0) is 24.1 Å². The van der Waals surface area contributed by atoms with E-state index in [1.807, 2.05) is 31.2 Å². The van der Waals surface area contributed by atoms with Gasteiger partial charge < -0.3 is 14.9 Å². The SMILES string of the molecule is CCc1c(NN)ncnc1Oc1cccc(COC)c1. The fourth-order valence-corrected chi connectivity index (χ4v) is 1.90. The van der Waals surface area contributed by atoms with Crippen molar-refractivity contribution < 1.29 is 9.47 Å². The first-order valence-corrected chi connectivity index (χ1v) is 6.34. The summed E-state index contributed by atoms with van der Waals surface area (Å²) in [6, 6.07) is 7.68. The van der Waals surface area contributed by atoms with E-state index in [-0.39, 0.29) is 0 Å². The molecule has 0 saturated heterocycles. The second-order valence-electron chi connectivity index (χ2n) is 4.19. The summed E-state index contributed by atoms with van der Waals surface area (Å²) in [7, 11) is 1.66. The number of hydrogen-bond donors (Lipinski definition) is 2. The molecule has 0 fully saturated rings. The summed E-state index contributed by atoms with van der Waals surface area (Å²) < 4.78 is 10.9. The normalized spacial score (nSPS) is 10.3. The number of hydrogen-bond acceptors (Lipinski definition) is 6. The van der Waals surface area contributed by atoms with Crippen molar-refractivity contribution in [1.82, 2.24) is 9.97 Å². The minimum Gasteiger partial charge on any atom is -0.439 e. The Bertz CT molecular complexity index is 575. The molecule has 2 rings (SSSR count). The number of nitrogen functional groups attached to an aromatic ring is 1. The number of rotatable bonds is 6. The molecule has 106 valence electrons. The van der Waals surface area contributed by atoms with Crippen LogP contribution in [0.25, 0.3) is 0 Å². The Morgan fingerprint density at radius 3 is 2.85 bits per heavy atom. The molecular weight excluding hydrogens is 256 g/mol. The van der Waals surface area contributed by atoms with E-state index in [1.54, 1.807) is 7.11 Å². The number of nitrogens with one attached hydrogen (secondary N) is 1. The minimum absolute atomic E-state index is 0.505. The third-order valence-electron chi connectivity index (χ3n) is 2.82. The number of ether oxygens (including phenoxy) is 2. The number of nitrogens with zero attached hydrogens (tertiary/aromatic N) is 2. The predicted molar refractivity (Wildman–Crippen MR) is 76.4 cm³/mol. The highest BCUT2D eigenvalue weighted by atomic mass is 16.5. The van der Waals surface area contributed by atoms with Gasteiger partial charge in [-0.1, -0.05) is 19.1 Å². The van der Waals surface area contributed by atoms with Crippen LogP contribution in [0.3, 0.4) is 0 Å². The zero-order valence-electron chi connectivity index (χ0n) is 11.6. The van der Waals surface area contributed by atoms with E-state index in [0.29, 0.717) is 30.5 Å². The second-order valence-corrected chi connectivity index (χ2v) is 4.19. The van der Waals surface area contributed by atoms with Crippen molar-refractivity contribution in [2.75, 3.05) is 12.5 Å². The molecule has 0 spiro atoms. The first kappa shape index (κ1) is 14.2. The fraction of sp³-hybridized carbons (Fsp3) is 0.286. The zero-order valence-corrected chi connectivity index (χ0v) is 11.6. The molecule has 20 heavy (non-hydrogen) atoms. The van der Waals surface area contributed by atoms with Gasteiger partial charge in [-0.15, -0.1) is 0 Å². The van der Waals surface area contributed by atoms with Crippen molar-refractivity contribution in [1.29, 1.82) is 0 Å². The van der Waals surface area contributed by atoms with Crippen LogP contribution in [0.4, 0.5) is 5.82 Å². The van der Waals surface area contributed by atoms with Crippen LogP contribution in [0.1, 0.15) is 18.1 Å². The molecule has 6 heteroatoms. The number of anilines is 1. The first-order chi connectivity index (χ1) is 9.78. The van der Waals surface area contributed by atoms with Crippen molar-refractivity contribution >= 4 is 5.82 Å². The van der Waals surface area contributed by atoms with E-state index in [0.717, 1.165) is 11.1 Å². The number of methoxy groups -OCH3 is 1. The molecule has 3 N–H and O–H groups in total. The Kier molecular flexibility index (Phi) is 4.86. The molecule has 0 amide bonds. The van der Waals surface area contributed by atoms with Crippen LogP contribution < -0.4 is 16.0 Å². The molecule has 1 aromatic carbocycles. The Labute approximate surface area is 117 Å². The fourth-order valence-electron chi connectivity index (χ4n) is 1.90.